The number of aromatic nitrogens is 5. The van der Waals surface area contributed by atoms with E-state index in [9.17, 15) is 12.8 Å². The Morgan fingerprint density at radius 3 is 2.45 bits per heavy atom. The maximum Gasteiger partial charge on any atom is 0.261 e. The number of aryl methyl sites for hydroxylation is 1. The van der Waals surface area contributed by atoms with Crippen LogP contribution in [0, 0.1) is 5.82 Å². The number of fused-ring (bicyclic) bond motifs is 1. The summed E-state index contributed by atoms with van der Waals surface area (Å²) in [7, 11) is -2.15. The van der Waals surface area contributed by atoms with Gasteiger partial charge in [-0.2, -0.15) is 10.2 Å². The molecule has 0 saturated carbocycles. The molecule has 0 bridgehead atoms. The first-order valence-corrected chi connectivity index (χ1v) is 11.6. The first kappa shape index (κ1) is 21.1. The van der Waals surface area contributed by atoms with Crippen LogP contribution in [-0.2, 0) is 17.1 Å². The summed E-state index contributed by atoms with van der Waals surface area (Å²) in [6.45, 7) is 0. The predicted molar refractivity (Wildman–Crippen MR) is 123 cm³/mol. The average Bonchev–Trinajstić information content (AvgIpc) is 3.41. The van der Waals surface area contributed by atoms with E-state index in [1.807, 2.05) is 25.5 Å². The van der Waals surface area contributed by atoms with Crippen molar-refractivity contribution in [3.63, 3.8) is 0 Å². The van der Waals surface area contributed by atoms with Crippen LogP contribution < -0.4 is 4.72 Å². The molecule has 5 aromatic rings. The molecule has 0 radical (unpaired) electrons. The summed E-state index contributed by atoms with van der Waals surface area (Å²) in [5, 5.41) is 8.81. The number of rotatable bonds is 5. The standard InChI is InChI=1S/C22H16ClFN6O2S/c1-29-11-16(10-26-29)15-9-21-22(25-13-27-30(21)12-15)14-2-7-20(19(24)8-14)28-33(31,32)18-5-3-17(23)4-6-18/h2-13,28H,1H3. The zero-order chi connectivity index (χ0) is 23.2. The summed E-state index contributed by atoms with van der Waals surface area (Å²) in [5.41, 5.74) is 3.27. The smallest absolute Gasteiger partial charge is 0.261 e. The maximum absolute atomic E-state index is 14.9. The van der Waals surface area contributed by atoms with E-state index in [1.165, 1.54) is 42.7 Å². The third-order valence-corrected chi connectivity index (χ3v) is 6.69. The van der Waals surface area contributed by atoms with Gasteiger partial charge in [-0.05, 0) is 42.5 Å². The molecule has 11 heteroatoms. The van der Waals surface area contributed by atoms with Gasteiger partial charge in [0.15, 0.2) is 0 Å². The Hall–Kier alpha value is -3.76. The zero-order valence-electron chi connectivity index (χ0n) is 17.1. The number of hydrogen-bond acceptors (Lipinski definition) is 5. The van der Waals surface area contributed by atoms with E-state index in [0.717, 1.165) is 11.1 Å². The van der Waals surface area contributed by atoms with Crippen LogP contribution in [0.2, 0.25) is 5.02 Å². The molecule has 0 amide bonds. The van der Waals surface area contributed by atoms with Crippen molar-refractivity contribution < 1.29 is 12.8 Å². The largest absolute Gasteiger partial charge is 0.277 e. The molecule has 0 fully saturated rings. The molecule has 3 heterocycles. The highest BCUT2D eigenvalue weighted by Gasteiger charge is 2.18. The second-order valence-electron chi connectivity index (χ2n) is 7.32. The Bertz CT molecular complexity index is 1600. The molecule has 0 unspecified atom stereocenters. The van der Waals surface area contributed by atoms with Crippen LogP contribution in [0.15, 0.2) is 78.3 Å². The van der Waals surface area contributed by atoms with Gasteiger partial charge in [-0.25, -0.2) is 22.3 Å². The molecule has 0 spiro atoms. The van der Waals surface area contributed by atoms with E-state index in [1.54, 1.807) is 21.5 Å². The van der Waals surface area contributed by atoms with E-state index in [4.69, 9.17) is 11.6 Å². The lowest BCUT2D eigenvalue weighted by molar-refractivity contribution is 0.598. The highest BCUT2D eigenvalue weighted by Crippen LogP contribution is 2.30. The molecule has 0 atom stereocenters. The lowest BCUT2D eigenvalue weighted by atomic mass is 10.1. The molecular formula is C22H16ClFN6O2S. The number of nitrogens with zero attached hydrogens (tertiary/aromatic N) is 5. The highest BCUT2D eigenvalue weighted by atomic mass is 35.5. The molecule has 8 nitrogen and oxygen atoms in total. The van der Waals surface area contributed by atoms with Crippen LogP contribution >= 0.6 is 11.6 Å². The van der Waals surface area contributed by atoms with Crippen LogP contribution in [0.5, 0.6) is 0 Å². The van der Waals surface area contributed by atoms with E-state index in [-0.39, 0.29) is 10.6 Å². The van der Waals surface area contributed by atoms with Crippen LogP contribution in [0.25, 0.3) is 27.9 Å². The van der Waals surface area contributed by atoms with Gasteiger partial charge in [-0.15, -0.1) is 0 Å². The van der Waals surface area contributed by atoms with Gasteiger partial charge in [0.2, 0.25) is 0 Å². The van der Waals surface area contributed by atoms with Crippen molar-refractivity contribution in [2.45, 2.75) is 4.90 Å². The molecule has 3 aromatic heterocycles. The predicted octanol–water partition coefficient (Wildman–Crippen LogP) is 4.39. The van der Waals surface area contributed by atoms with Gasteiger partial charge in [0, 0.05) is 41.2 Å². The second-order valence-corrected chi connectivity index (χ2v) is 9.44. The Balaban J connectivity index is 1.49. The number of anilines is 1. The van der Waals surface area contributed by atoms with Crippen LogP contribution in [0.4, 0.5) is 10.1 Å². The number of halogens is 2. The van der Waals surface area contributed by atoms with Gasteiger partial charge in [0.25, 0.3) is 10.0 Å². The summed E-state index contributed by atoms with van der Waals surface area (Å²) in [4.78, 5) is 4.30. The molecular weight excluding hydrogens is 467 g/mol. The van der Waals surface area contributed by atoms with Crippen molar-refractivity contribution in [3.8, 4) is 22.4 Å². The van der Waals surface area contributed by atoms with Crippen molar-refractivity contribution in [1.29, 1.82) is 0 Å². The number of sulfonamides is 1. The van der Waals surface area contributed by atoms with Gasteiger partial charge in [-0.3, -0.25) is 9.40 Å². The Kier molecular flexibility index (Phi) is 5.10. The first-order chi connectivity index (χ1) is 15.8. The maximum atomic E-state index is 14.9. The van der Waals surface area contributed by atoms with Gasteiger partial charge in [-0.1, -0.05) is 17.7 Å². The Labute approximate surface area is 193 Å². The summed E-state index contributed by atoms with van der Waals surface area (Å²) in [6, 6.07) is 11.7. The monoisotopic (exact) mass is 482 g/mol. The summed E-state index contributed by atoms with van der Waals surface area (Å²) >= 11 is 5.81. The summed E-state index contributed by atoms with van der Waals surface area (Å²) in [5.74, 6) is -0.735. The minimum absolute atomic E-state index is 0.0241. The molecule has 33 heavy (non-hydrogen) atoms. The highest BCUT2D eigenvalue weighted by molar-refractivity contribution is 7.92. The fourth-order valence-corrected chi connectivity index (χ4v) is 4.64. The van der Waals surface area contributed by atoms with E-state index in [0.29, 0.717) is 21.8 Å². The molecule has 5 rings (SSSR count). The van der Waals surface area contributed by atoms with E-state index >= 15 is 0 Å². The fourth-order valence-electron chi connectivity index (χ4n) is 3.44. The normalized spacial score (nSPS) is 11.7. The third-order valence-electron chi connectivity index (χ3n) is 5.05. The lowest BCUT2D eigenvalue weighted by Crippen LogP contribution is -2.14. The van der Waals surface area contributed by atoms with Crippen molar-refractivity contribution >= 4 is 32.8 Å². The molecule has 2 aromatic carbocycles. The number of hydrogen-bond donors (Lipinski definition) is 1. The van der Waals surface area contributed by atoms with Crippen LogP contribution in [0.3, 0.4) is 0 Å². The molecule has 166 valence electrons. The molecule has 0 aliphatic heterocycles. The Morgan fingerprint density at radius 1 is 0.970 bits per heavy atom. The van der Waals surface area contributed by atoms with Crippen LogP contribution in [0.1, 0.15) is 0 Å². The fraction of sp³-hybridized carbons (Fsp3) is 0.0455. The summed E-state index contributed by atoms with van der Waals surface area (Å²) in [6.07, 6.45) is 6.83. The molecule has 0 saturated heterocycles. The lowest BCUT2D eigenvalue weighted by Gasteiger charge is -2.10. The van der Waals surface area contributed by atoms with Gasteiger partial charge in [0.1, 0.15) is 12.1 Å². The quantitative estimate of drug-likeness (QED) is 0.401. The van der Waals surface area contributed by atoms with Crippen LogP contribution in [-0.4, -0.2) is 32.8 Å². The van der Waals surface area contributed by atoms with E-state index in [2.05, 4.69) is 19.9 Å². The van der Waals surface area contributed by atoms with Crippen molar-refractivity contribution in [3.05, 3.63) is 84.3 Å². The summed E-state index contributed by atoms with van der Waals surface area (Å²) < 4.78 is 45.7. The average molecular weight is 483 g/mol. The van der Waals surface area contributed by atoms with Crippen molar-refractivity contribution in [2.24, 2.45) is 7.05 Å². The first-order valence-electron chi connectivity index (χ1n) is 9.71. The minimum Gasteiger partial charge on any atom is -0.277 e. The van der Waals surface area contributed by atoms with Gasteiger partial charge < -0.3 is 0 Å². The second kappa shape index (κ2) is 7.98. The minimum atomic E-state index is -3.98. The number of nitrogens with one attached hydrogen (secondary N) is 1. The molecule has 0 aliphatic rings. The van der Waals surface area contributed by atoms with Gasteiger partial charge >= 0.3 is 0 Å². The van der Waals surface area contributed by atoms with Crippen molar-refractivity contribution in [2.75, 3.05) is 4.72 Å². The zero-order valence-corrected chi connectivity index (χ0v) is 18.7. The Morgan fingerprint density at radius 2 is 1.76 bits per heavy atom. The molecule has 0 aliphatic carbocycles. The topological polar surface area (TPSA) is 94.2 Å². The molecule has 1 N–H and O–H groups in total. The third kappa shape index (κ3) is 4.06. The van der Waals surface area contributed by atoms with Crippen molar-refractivity contribution in [1.82, 2.24) is 24.4 Å². The number of benzene rings is 2. The van der Waals surface area contributed by atoms with Gasteiger partial charge in [0.05, 0.1) is 28.0 Å². The SMILES string of the molecule is Cn1cc(-c2cc3c(-c4ccc(NS(=O)(=O)c5ccc(Cl)cc5)c(F)c4)ncnn3c2)cn1. The van der Waals surface area contributed by atoms with E-state index < -0.39 is 15.8 Å².